The predicted octanol–water partition coefficient (Wildman–Crippen LogP) is 3.26. The molecule has 2 aromatic carbocycles. The maximum atomic E-state index is 12.7. The number of carbonyl (C=O) groups is 1. The molecule has 0 atom stereocenters. The number of amides is 1. The van der Waals surface area contributed by atoms with Crippen molar-refractivity contribution in [1.82, 2.24) is 10.3 Å². The van der Waals surface area contributed by atoms with Gasteiger partial charge in [0.2, 0.25) is 0 Å². The highest BCUT2D eigenvalue weighted by molar-refractivity contribution is 7.92. The van der Waals surface area contributed by atoms with Gasteiger partial charge in [-0.3, -0.25) is 14.5 Å². The molecule has 27 heavy (non-hydrogen) atoms. The summed E-state index contributed by atoms with van der Waals surface area (Å²) in [6.07, 6.45) is 3.02. The van der Waals surface area contributed by atoms with Crippen LogP contribution in [0.4, 0.5) is 5.69 Å². The largest absolute Gasteiger partial charge is 0.349 e. The Morgan fingerprint density at radius 1 is 1.19 bits per heavy atom. The fourth-order valence-corrected chi connectivity index (χ4v) is 3.65. The zero-order chi connectivity index (χ0) is 19.4. The molecule has 0 bridgehead atoms. The third-order valence-corrected chi connectivity index (χ3v) is 5.28. The van der Waals surface area contributed by atoms with Crippen LogP contribution in [-0.4, -0.2) is 25.9 Å². The first-order valence-corrected chi connectivity index (χ1v) is 9.76. The molecule has 6 nitrogen and oxygen atoms in total. The maximum absolute atomic E-state index is 12.7. The highest BCUT2D eigenvalue weighted by Crippen LogP contribution is 2.21. The third-order valence-electron chi connectivity index (χ3n) is 3.91. The van der Waals surface area contributed by atoms with Gasteiger partial charge in [-0.15, -0.1) is 6.58 Å². The van der Waals surface area contributed by atoms with Crippen LogP contribution in [0.1, 0.15) is 15.9 Å². The molecule has 0 aliphatic heterocycles. The SMILES string of the molecule is C=CCNC(=O)c1cccc(S(=O)(=O)Nc2cnc3cc(C)ccc3c2)c1. The van der Waals surface area contributed by atoms with Gasteiger partial charge in [-0.2, -0.15) is 0 Å². The molecule has 0 unspecified atom stereocenters. The Bertz CT molecular complexity index is 1120. The monoisotopic (exact) mass is 381 g/mol. The van der Waals surface area contributed by atoms with Crippen molar-refractivity contribution in [2.24, 2.45) is 0 Å². The number of pyridine rings is 1. The van der Waals surface area contributed by atoms with Gasteiger partial charge in [0, 0.05) is 17.5 Å². The Morgan fingerprint density at radius 3 is 2.78 bits per heavy atom. The van der Waals surface area contributed by atoms with Gasteiger partial charge in [0.25, 0.3) is 15.9 Å². The van der Waals surface area contributed by atoms with Crippen LogP contribution in [0.2, 0.25) is 0 Å². The number of fused-ring (bicyclic) bond motifs is 1. The van der Waals surface area contributed by atoms with Crippen LogP contribution in [0.25, 0.3) is 10.9 Å². The summed E-state index contributed by atoms with van der Waals surface area (Å²) in [6.45, 7) is 5.80. The first kappa shape index (κ1) is 18.6. The van der Waals surface area contributed by atoms with Crippen LogP contribution >= 0.6 is 0 Å². The van der Waals surface area contributed by atoms with E-state index in [9.17, 15) is 13.2 Å². The van der Waals surface area contributed by atoms with E-state index in [1.807, 2.05) is 25.1 Å². The van der Waals surface area contributed by atoms with E-state index in [-0.39, 0.29) is 16.4 Å². The molecule has 1 amide bonds. The Balaban J connectivity index is 1.87. The minimum atomic E-state index is -3.86. The van der Waals surface area contributed by atoms with Crippen LogP contribution in [0.15, 0.2) is 72.3 Å². The lowest BCUT2D eigenvalue weighted by molar-refractivity contribution is 0.0958. The molecule has 0 aliphatic carbocycles. The van der Waals surface area contributed by atoms with Gasteiger partial charge in [0.1, 0.15) is 0 Å². The van der Waals surface area contributed by atoms with Crippen molar-refractivity contribution in [3.05, 3.63) is 78.5 Å². The van der Waals surface area contributed by atoms with Crippen LogP contribution in [0.3, 0.4) is 0 Å². The summed E-state index contributed by atoms with van der Waals surface area (Å²) < 4.78 is 27.9. The second-order valence-corrected chi connectivity index (χ2v) is 7.73. The number of rotatable bonds is 6. The molecule has 0 radical (unpaired) electrons. The average molecular weight is 381 g/mol. The summed E-state index contributed by atoms with van der Waals surface area (Å²) in [4.78, 5) is 16.3. The summed E-state index contributed by atoms with van der Waals surface area (Å²) >= 11 is 0. The predicted molar refractivity (Wildman–Crippen MR) is 106 cm³/mol. The van der Waals surface area contributed by atoms with Gasteiger partial charge in [-0.25, -0.2) is 8.42 Å². The fourth-order valence-electron chi connectivity index (χ4n) is 2.57. The van der Waals surface area contributed by atoms with E-state index in [2.05, 4.69) is 21.6 Å². The molecule has 0 saturated heterocycles. The number of sulfonamides is 1. The molecule has 0 saturated carbocycles. The minimum absolute atomic E-state index is 0.00208. The number of carbonyl (C=O) groups excluding carboxylic acids is 1. The zero-order valence-corrected chi connectivity index (χ0v) is 15.6. The molecule has 3 aromatic rings. The average Bonchev–Trinajstić information content (AvgIpc) is 2.66. The smallest absolute Gasteiger partial charge is 0.261 e. The Labute approximate surface area is 158 Å². The molecule has 138 valence electrons. The molecular formula is C20H19N3O3S. The van der Waals surface area contributed by atoms with Crippen molar-refractivity contribution in [3.8, 4) is 0 Å². The van der Waals surface area contributed by atoms with E-state index in [0.29, 0.717) is 12.2 Å². The Hall–Kier alpha value is -3.19. The van der Waals surface area contributed by atoms with Crippen LogP contribution in [0.5, 0.6) is 0 Å². The number of benzene rings is 2. The minimum Gasteiger partial charge on any atom is -0.349 e. The topological polar surface area (TPSA) is 88.2 Å². The molecule has 0 aliphatic rings. The van der Waals surface area contributed by atoms with Gasteiger partial charge >= 0.3 is 0 Å². The molecule has 2 N–H and O–H groups in total. The van der Waals surface area contributed by atoms with Gasteiger partial charge in [0.15, 0.2) is 0 Å². The molecule has 0 spiro atoms. The maximum Gasteiger partial charge on any atom is 0.261 e. The van der Waals surface area contributed by atoms with Crippen molar-refractivity contribution in [2.75, 3.05) is 11.3 Å². The number of hydrogen-bond donors (Lipinski definition) is 2. The van der Waals surface area contributed by atoms with Crippen LogP contribution in [-0.2, 0) is 10.0 Å². The molecular weight excluding hydrogens is 362 g/mol. The molecule has 1 aromatic heterocycles. The number of nitrogens with zero attached hydrogens (tertiary/aromatic N) is 1. The number of aromatic nitrogens is 1. The van der Waals surface area contributed by atoms with E-state index < -0.39 is 10.0 Å². The van der Waals surface area contributed by atoms with Gasteiger partial charge in [0.05, 0.1) is 22.3 Å². The van der Waals surface area contributed by atoms with E-state index in [0.717, 1.165) is 16.5 Å². The second kappa shape index (κ2) is 7.59. The highest BCUT2D eigenvalue weighted by atomic mass is 32.2. The Morgan fingerprint density at radius 2 is 2.00 bits per heavy atom. The van der Waals surface area contributed by atoms with Gasteiger partial charge < -0.3 is 5.32 Å². The van der Waals surface area contributed by atoms with E-state index in [1.165, 1.54) is 24.4 Å². The summed E-state index contributed by atoms with van der Waals surface area (Å²) in [6, 6.07) is 13.3. The standard InChI is InChI=1S/C20H19N3O3S/c1-3-9-21-20(24)16-5-4-6-18(12-16)27(25,26)23-17-11-15-8-7-14(2)10-19(15)22-13-17/h3-8,10-13,23H,1,9H2,2H3,(H,21,24). The number of anilines is 1. The van der Waals surface area contributed by atoms with Gasteiger partial charge in [-0.1, -0.05) is 24.3 Å². The van der Waals surface area contributed by atoms with Crippen molar-refractivity contribution >= 4 is 32.5 Å². The number of nitrogens with one attached hydrogen (secondary N) is 2. The van der Waals surface area contributed by atoms with Gasteiger partial charge in [-0.05, 0) is 42.8 Å². The van der Waals surface area contributed by atoms with E-state index in [4.69, 9.17) is 0 Å². The van der Waals surface area contributed by atoms with Crippen molar-refractivity contribution in [1.29, 1.82) is 0 Å². The lowest BCUT2D eigenvalue weighted by Gasteiger charge is -2.10. The Kier molecular flexibility index (Phi) is 5.23. The first-order chi connectivity index (χ1) is 12.9. The normalized spacial score (nSPS) is 11.1. The molecule has 3 rings (SSSR count). The summed E-state index contributed by atoms with van der Waals surface area (Å²) in [7, 11) is -3.86. The molecule has 1 heterocycles. The lowest BCUT2D eigenvalue weighted by atomic mass is 10.1. The highest BCUT2D eigenvalue weighted by Gasteiger charge is 2.17. The fraction of sp³-hybridized carbons (Fsp3) is 0.100. The zero-order valence-electron chi connectivity index (χ0n) is 14.8. The van der Waals surface area contributed by atoms with Crippen molar-refractivity contribution < 1.29 is 13.2 Å². The van der Waals surface area contributed by atoms with Crippen LogP contribution in [0, 0.1) is 6.92 Å². The first-order valence-electron chi connectivity index (χ1n) is 8.27. The van der Waals surface area contributed by atoms with Crippen LogP contribution < -0.4 is 10.0 Å². The van der Waals surface area contributed by atoms with E-state index >= 15 is 0 Å². The second-order valence-electron chi connectivity index (χ2n) is 6.05. The summed E-state index contributed by atoms with van der Waals surface area (Å²) in [5, 5.41) is 3.45. The number of hydrogen-bond acceptors (Lipinski definition) is 4. The molecule has 0 fully saturated rings. The van der Waals surface area contributed by atoms with Crippen molar-refractivity contribution in [2.45, 2.75) is 11.8 Å². The van der Waals surface area contributed by atoms with Crippen molar-refractivity contribution in [3.63, 3.8) is 0 Å². The lowest BCUT2D eigenvalue weighted by Crippen LogP contribution is -2.23. The quantitative estimate of drug-likeness (QED) is 0.642. The summed E-state index contributed by atoms with van der Waals surface area (Å²) in [5.74, 6) is -0.366. The third kappa shape index (κ3) is 4.32. The van der Waals surface area contributed by atoms with E-state index in [1.54, 1.807) is 18.2 Å². The summed E-state index contributed by atoms with van der Waals surface area (Å²) in [5.41, 5.74) is 2.48. The molecule has 7 heteroatoms. The number of aryl methyl sites for hydroxylation is 1.